The Hall–Kier alpha value is -1.59. The first-order valence-corrected chi connectivity index (χ1v) is 7.67. The van der Waals surface area contributed by atoms with E-state index in [9.17, 15) is 9.59 Å². The quantitative estimate of drug-likeness (QED) is 0.876. The van der Waals surface area contributed by atoms with Crippen molar-refractivity contribution in [1.82, 2.24) is 10.2 Å². The molecule has 1 aromatic rings. The molecule has 1 fully saturated rings. The van der Waals surface area contributed by atoms with Gasteiger partial charge in [0, 0.05) is 13.1 Å². The fourth-order valence-electron chi connectivity index (χ4n) is 2.49. The lowest BCUT2D eigenvalue weighted by Gasteiger charge is -2.27. The molecule has 0 bridgehead atoms. The minimum absolute atomic E-state index is 0. The van der Waals surface area contributed by atoms with Crippen molar-refractivity contribution in [3.05, 3.63) is 35.9 Å². The van der Waals surface area contributed by atoms with E-state index in [-0.39, 0.29) is 29.6 Å². The molecule has 128 valence electrons. The van der Waals surface area contributed by atoms with Gasteiger partial charge in [0.05, 0.1) is 6.04 Å². The minimum atomic E-state index is -0.622. The van der Waals surface area contributed by atoms with Gasteiger partial charge in [0.25, 0.3) is 0 Å². The summed E-state index contributed by atoms with van der Waals surface area (Å²) in [6.07, 6.45) is 0.633. The highest BCUT2D eigenvalue weighted by molar-refractivity contribution is 5.91. The van der Waals surface area contributed by atoms with Gasteiger partial charge in [-0.1, -0.05) is 51.1 Å². The third-order valence-corrected chi connectivity index (χ3v) is 4.05. The predicted octanol–water partition coefficient (Wildman–Crippen LogP) is 1.70. The summed E-state index contributed by atoms with van der Waals surface area (Å²) < 4.78 is 0. The molecule has 0 aliphatic carbocycles. The molecule has 0 saturated carbocycles. The first kappa shape index (κ1) is 19.5. The molecule has 2 atom stereocenters. The molecule has 1 saturated heterocycles. The number of amides is 2. The summed E-state index contributed by atoms with van der Waals surface area (Å²) in [4.78, 5) is 26.3. The number of hydrogen-bond acceptors (Lipinski definition) is 3. The number of nitrogens with two attached hydrogens (primary N) is 1. The van der Waals surface area contributed by atoms with Gasteiger partial charge >= 0.3 is 0 Å². The van der Waals surface area contributed by atoms with Crippen molar-refractivity contribution in [1.29, 1.82) is 0 Å². The van der Waals surface area contributed by atoms with Crippen molar-refractivity contribution in [2.24, 2.45) is 11.1 Å². The predicted molar refractivity (Wildman–Crippen MR) is 93.1 cm³/mol. The minimum Gasteiger partial charge on any atom is -0.343 e. The lowest BCUT2D eigenvalue weighted by Crippen LogP contribution is -2.53. The van der Waals surface area contributed by atoms with Crippen LogP contribution in [0.5, 0.6) is 0 Å². The molecule has 1 heterocycles. The van der Waals surface area contributed by atoms with Gasteiger partial charge in [-0.3, -0.25) is 9.59 Å². The van der Waals surface area contributed by atoms with Crippen LogP contribution >= 0.6 is 12.4 Å². The van der Waals surface area contributed by atoms with Crippen LogP contribution in [0.3, 0.4) is 0 Å². The van der Waals surface area contributed by atoms with Crippen LogP contribution in [0.25, 0.3) is 0 Å². The van der Waals surface area contributed by atoms with Gasteiger partial charge in [0.1, 0.15) is 6.04 Å². The Labute approximate surface area is 144 Å². The van der Waals surface area contributed by atoms with E-state index in [2.05, 4.69) is 5.32 Å². The van der Waals surface area contributed by atoms with Crippen LogP contribution in [0.15, 0.2) is 30.3 Å². The normalized spacial score (nSPS) is 19.2. The van der Waals surface area contributed by atoms with Crippen molar-refractivity contribution >= 4 is 24.2 Å². The number of halogens is 1. The van der Waals surface area contributed by atoms with Gasteiger partial charge < -0.3 is 16.0 Å². The SMILES string of the molecule is CC(C)(C)[C@H](N)C(=O)NC1CCN(Cc2ccccc2)C1=O.Cl. The zero-order valence-electron chi connectivity index (χ0n) is 13.9. The van der Waals surface area contributed by atoms with Crippen LogP contribution in [-0.2, 0) is 16.1 Å². The number of carbonyl (C=O) groups excluding carboxylic acids is 2. The van der Waals surface area contributed by atoms with Crippen molar-refractivity contribution in [2.45, 2.75) is 45.8 Å². The number of benzene rings is 1. The lowest BCUT2D eigenvalue weighted by molar-refractivity contribution is -0.134. The van der Waals surface area contributed by atoms with Crippen molar-refractivity contribution < 1.29 is 9.59 Å². The third kappa shape index (κ3) is 4.94. The Bertz CT molecular complexity index is 543. The maximum absolute atomic E-state index is 12.4. The highest BCUT2D eigenvalue weighted by Crippen LogP contribution is 2.19. The molecule has 23 heavy (non-hydrogen) atoms. The van der Waals surface area contributed by atoms with Crippen LogP contribution in [-0.4, -0.2) is 35.3 Å². The maximum atomic E-state index is 12.4. The number of nitrogens with one attached hydrogen (secondary N) is 1. The Kier molecular flexibility index (Phi) is 6.59. The van der Waals surface area contributed by atoms with E-state index in [0.717, 1.165) is 5.56 Å². The highest BCUT2D eigenvalue weighted by atomic mass is 35.5. The van der Waals surface area contributed by atoms with Crippen LogP contribution in [0.4, 0.5) is 0 Å². The maximum Gasteiger partial charge on any atom is 0.245 e. The van der Waals surface area contributed by atoms with Gasteiger partial charge in [-0.25, -0.2) is 0 Å². The number of rotatable bonds is 4. The van der Waals surface area contributed by atoms with E-state index in [4.69, 9.17) is 5.73 Å². The van der Waals surface area contributed by atoms with Crippen LogP contribution in [0.2, 0.25) is 0 Å². The van der Waals surface area contributed by atoms with Crippen molar-refractivity contribution in [2.75, 3.05) is 6.54 Å². The topological polar surface area (TPSA) is 75.4 Å². The molecule has 1 aliphatic heterocycles. The second-order valence-electron chi connectivity index (χ2n) is 6.94. The summed E-state index contributed by atoms with van der Waals surface area (Å²) in [6, 6.07) is 8.78. The average molecular weight is 340 g/mol. The molecule has 0 aromatic heterocycles. The number of carbonyl (C=O) groups is 2. The molecule has 6 heteroatoms. The largest absolute Gasteiger partial charge is 0.343 e. The van der Waals surface area contributed by atoms with E-state index in [1.54, 1.807) is 4.90 Å². The molecule has 2 rings (SSSR count). The Balaban J connectivity index is 0.00000264. The molecule has 0 radical (unpaired) electrons. The standard InChI is InChI=1S/C17H25N3O2.ClH/c1-17(2,3)14(18)15(21)19-13-9-10-20(16(13)22)11-12-7-5-4-6-8-12;/h4-8,13-14H,9-11,18H2,1-3H3,(H,19,21);1H/t13?,14-;/m1./s1. The second kappa shape index (κ2) is 7.79. The first-order chi connectivity index (χ1) is 10.3. The zero-order chi connectivity index (χ0) is 16.3. The molecule has 3 N–H and O–H groups in total. The number of hydrogen-bond donors (Lipinski definition) is 2. The molecule has 1 aromatic carbocycles. The Morgan fingerprint density at radius 1 is 1.35 bits per heavy atom. The summed E-state index contributed by atoms with van der Waals surface area (Å²) in [6.45, 7) is 6.97. The molecule has 0 spiro atoms. The van der Waals surface area contributed by atoms with E-state index in [0.29, 0.717) is 19.5 Å². The van der Waals surface area contributed by atoms with Crippen molar-refractivity contribution in [3.8, 4) is 0 Å². The fourth-order valence-corrected chi connectivity index (χ4v) is 2.49. The van der Waals surface area contributed by atoms with Gasteiger partial charge in [0.15, 0.2) is 0 Å². The fraction of sp³-hybridized carbons (Fsp3) is 0.529. The monoisotopic (exact) mass is 339 g/mol. The van der Waals surface area contributed by atoms with Gasteiger partial charge in [0.2, 0.25) is 11.8 Å². The summed E-state index contributed by atoms with van der Waals surface area (Å²) in [5.74, 6) is -0.286. The van der Waals surface area contributed by atoms with Crippen LogP contribution < -0.4 is 11.1 Å². The van der Waals surface area contributed by atoms with Gasteiger partial charge in [-0.2, -0.15) is 0 Å². The van der Waals surface area contributed by atoms with E-state index >= 15 is 0 Å². The lowest BCUT2D eigenvalue weighted by atomic mass is 9.87. The highest BCUT2D eigenvalue weighted by Gasteiger charge is 2.35. The number of likely N-dealkylation sites (tertiary alicyclic amines) is 1. The average Bonchev–Trinajstić information content (AvgIpc) is 2.79. The Morgan fingerprint density at radius 3 is 2.52 bits per heavy atom. The first-order valence-electron chi connectivity index (χ1n) is 7.67. The van der Waals surface area contributed by atoms with E-state index in [1.807, 2.05) is 51.1 Å². The van der Waals surface area contributed by atoms with Crippen LogP contribution in [0, 0.1) is 5.41 Å². The number of nitrogens with zero attached hydrogens (tertiary/aromatic N) is 1. The summed E-state index contributed by atoms with van der Waals surface area (Å²) >= 11 is 0. The summed E-state index contributed by atoms with van der Waals surface area (Å²) in [5.41, 5.74) is 6.71. The molecule has 1 aliphatic rings. The zero-order valence-corrected chi connectivity index (χ0v) is 14.7. The third-order valence-electron chi connectivity index (χ3n) is 4.05. The molecular formula is C17H26ClN3O2. The molecule has 2 amide bonds. The van der Waals surface area contributed by atoms with E-state index in [1.165, 1.54) is 0 Å². The van der Waals surface area contributed by atoms with Gasteiger partial charge in [-0.05, 0) is 17.4 Å². The van der Waals surface area contributed by atoms with Crippen LogP contribution in [0.1, 0.15) is 32.8 Å². The summed E-state index contributed by atoms with van der Waals surface area (Å²) in [5, 5.41) is 2.80. The summed E-state index contributed by atoms with van der Waals surface area (Å²) in [7, 11) is 0. The van der Waals surface area contributed by atoms with Gasteiger partial charge in [-0.15, -0.1) is 12.4 Å². The smallest absolute Gasteiger partial charge is 0.245 e. The Morgan fingerprint density at radius 2 is 1.96 bits per heavy atom. The second-order valence-corrected chi connectivity index (χ2v) is 6.94. The van der Waals surface area contributed by atoms with E-state index < -0.39 is 12.1 Å². The van der Waals surface area contributed by atoms with Crippen molar-refractivity contribution in [3.63, 3.8) is 0 Å². The molecule has 1 unspecified atom stereocenters. The molecular weight excluding hydrogens is 314 g/mol. The molecule has 5 nitrogen and oxygen atoms in total.